The summed E-state index contributed by atoms with van der Waals surface area (Å²) < 4.78 is 5.63. The van der Waals surface area contributed by atoms with Crippen molar-refractivity contribution < 1.29 is 14.3 Å². The Kier molecular flexibility index (Phi) is 6.46. The number of hydrogen-bond acceptors (Lipinski definition) is 3. The lowest BCUT2D eigenvalue weighted by molar-refractivity contribution is -0.132. The van der Waals surface area contributed by atoms with Crippen LogP contribution < -0.4 is 10.1 Å². The normalized spacial score (nSPS) is 10.1. The van der Waals surface area contributed by atoms with Gasteiger partial charge in [-0.3, -0.25) is 9.59 Å². The van der Waals surface area contributed by atoms with Crippen molar-refractivity contribution >= 4 is 17.5 Å². The van der Waals surface area contributed by atoms with Gasteiger partial charge in [0.2, 0.25) is 11.8 Å². The first-order valence-electron chi connectivity index (χ1n) is 6.86. The fraction of sp³-hybridized carbons (Fsp3) is 0.375. The van der Waals surface area contributed by atoms with E-state index in [4.69, 9.17) is 4.74 Å². The first-order valence-corrected chi connectivity index (χ1v) is 6.86. The third-order valence-corrected chi connectivity index (χ3v) is 2.65. The van der Waals surface area contributed by atoms with Crippen molar-refractivity contribution in [2.75, 3.05) is 18.4 Å². The summed E-state index contributed by atoms with van der Waals surface area (Å²) in [6, 6.07) is 7.21. The van der Waals surface area contributed by atoms with Gasteiger partial charge in [-0.25, -0.2) is 0 Å². The molecule has 0 heterocycles. The molecule has 0 radical (unpaired) electrons. The Morgan fingerprint density at radius 3 is 2.62 bits per heavy atom. The van der Waals surface area contributed by atoms with Crippen LogP contribution in [0.5, 0.6) is 5.75 Å². The van der Waals surface area contributed by atoms with Gasteiger partial charge in [-0.1, -0.05) is 18.2 Å². The highest BCUT2D eigenvalue weighted by Gasteiger charge is 2.14. The molecule has 0 aliphatic carbocycles. The molecule has 0 aliphatic rings. The summed E-state index contributed by atoms with van der Waals surface area (Å²) in [6.45, 7) is 9.16. The molecule has 0 bridgehead atoms. The monoisotopic (exact) mass is 290 g/mol. The zero-order valence-corrected chi connectivity index (χ0v) is 12.8. The summed E-state index contributed by atoms with van der Waals surface area (Å²) in [5.74, 6) is 0.169. The lowest BCUT2D eigenvalue weighted by atomic mass is 10.3. The minimum atomic E-state index is -0.271. The predicted molar refractivity (Wildman–Crippen MR) is 83.3 cm³/mol. The first-order chi connectivity index (χ1) is 9.93. The average molecular weight is 290 g/mol. The fourth-order valence-electron chi connectivity index (χ4n) is 1.75. The number of nitrogens with zero attached hydrogens (tertiary/aromatic N) is 1. The van der Waals surface area contributed by atoms with Crippen molar-refractivity contribution in [1.29, 1.82) is 0 Å². The van der Waals surface area contributed by atoms with Crippen molar-refractivity contribution in [3.63, 3.8) is 0 Å². The van der Waals surface area contributed by atoms with Crippen molar-refractivity contribution in [3.05, 3.63) is 36.9 Å². The quantitative estimate of drug-likeness (QED) is 0.785. The molecule has 0 saturated heterocycles. The number of hydrogen-bond donors (Lipinski definition) is 1. The topological polar surface area (TPSA) is 58.6 Å². The van der Waals surface area contributed by atoms with Crippen LogP contribution in [0.1, 0.15) is 20.8 Å². The Bertz CT molecular complexity index is 512. The maximum absolute atomic E-state index is 12.0. The minimum absolute atomic E-state index is 0.0116. The highest BCUT2D eigenvalue weighted by atomic mass is 16.5. The predicted octanol–water partition coefficient (Wildman–Crippen LogP) is 2.45. The number of rotatable bonds is 7. The van der Waals surface area contributed by atoms with Gasteiger partial charge in [0.1, 0.15) is 12.3 Å². The molecule has 1 aromatic carbocycles. The number of carbonyl (C=O) groups is 2. The van der Waals surface area contributed by atoms with E-state index in [2.05, 4.69) is 11.9 Å². The first kappa shape index (κ1) is 16.8. The average Bonchev–Trinajstić information content (AvgIpc) is 2.39. The molecule has 2 amide bonds. The van der Waals surface area contributed by atoms with Crippen LogP contribution in [-0.4, -0.2) is 35.9 Å². The number of carbonyl (C=O) groups excluding carboxylic acids is 2. The number of amides is 2. The van der Waals surface area contributed by atoms with Gasteiger partial charge in [-0.05, 0) is 26.0 Å². The highest BCUT2D eigenvalue weighted by molar-refractivity contribution is 5.95. The van der Waals surface area contributed by atoms with Gasteiger partial charge in [-0.15, -0.1) is 6.58 Å². The molecule has 114 valence electrons. The van der Waals surface area contributed by atoms with Crippen LogP contribution in [0.25, 0.3) is 0 Å². The van der Waals surface area contributed by atoms with E-state index in [1.165, 1.54) is 11.8 Å². The molecule has 21 heavy (non-hydrogen) atoms. The van der Waals surface area contributed by atoms with Gasteiger partial charge in [0, 0.05) is 13.5 Å². The summed E-state index contributed by atoms with van der Waals surface area (Å²) in [5, 5.41) is 2.77. The summed E-state index contributed by atoms with van der Waals surface area (Å²) in [5.41, 5.74) is 0.596. The van der Waals surface area contributed by atoms with Crippen molar-refractivity contribution in [2.24, 2.45) is 0 Å². The molecule has 5 nitrogen and oxygen atoms in total. The molecule has 0 aliphatic heterocycles. The second-order valence-corrected chi connectivity index (χ2v) is 4.90. The molecule has 0 aromatic heterocycles. The Labute approximate surface area is 125 Å². The molecule has 1 aromatic rings. The van der Waals surface area contributed by atoms with Crippen LogP contribution in [0, 0.1) is 0 Å². The maximum atomic E-state index is 12.0. The van der Waals surface area contributed by atoms with Crippen LogP contribution >= 0.6 is 0 Å². The van der Waals surface area contributed by atoms with Gasteiger partial charge in [0.25, 0.3) is 0 Å². The summed E-state index contributed by atoms with van der Waals surface area (Å²) >= 11 is 0. The number of ether oxygens (including phenoxy) is 1. The molecule has 0 unspecified atom stereocenters. The maximum Gasteiger partial charge on any atom is 0.244 e. The van der Waals surface area contributed by atoms with E-state index in [1.807, 2.05) is 26.0 Å². The Balaban J connectivity index is 2.74. The summed E-state index contributed by atoms with van der Waals surface area (Å²) in [4.78, 5) is 24.9. The standard InChI is InChI=1S/C16H22N2O3/c1-5-10-18(13(4)19)11-16(20)17-14-8-6-7-9-15(14)21-12(2)3/h5-9,12H,1,10-11H2,2-4H3,(H,17,20). The lowest BCUT2D eigenvalue weighted by Gasteiger charge is -2.19. The van der Waals surface area contributed by atoms with Gasteiger partial charge < -0.3 is 15.0 Å². The Morgan fingerprint density at radius 1 is 1.38 bits per heavy atom. The van der Waals surface area contributed by atoms with Gasteiger partial charge in [0.05, 0.1) is 11.8 Å². The third-order valence-electron chi connectivity index (χ3n) is 2.65. The summed E-state index contributed by atoms with van der Waals surface area (Å²) in [7, 11) is 0. The van der Waals surface area contributed by atoms with Crippen LogP contribution in [0.4, 0.5) is 5.69 Å². The van der Waals surface area contributed by atoms with Crippen molar-refractivity contribution in [1.82, 2.24) is 4.90 Å². The molecule has 0 saturated carbocycles. The smallest absolute Gasteiger partial charge is 0.244 e. The van der Waals surface area contributed by atoms with Gasteiger partial charge >= 0.3 is 0 Å². The molecule has 0 spiro atoms. The number of nitrogens with one attached hydrogen (secondary N) is 1. The van der Waals surface area contributed by atoms with Crippen LogP contribution in [0.15, 0.2) is 36.9 Å². The van der Waals surface area contributed by atoms with E-state index >= 15 is 0 Å². The van der Waals surface area contributed by atoms with Crippen LogP contribution in [0.2, 0.25) is 0 Å². The lowest BCUT2D eigenvalue weighted by Crippen LogP contribution is -2.36. The molecule has 0 fully saturated rings. The van der Waals surface area contributed by atoms with Crippen molar-refractivity contribution in [2.45, 2.75) is 26.9 Å². The van der Waals surface area contributed by atoms with E-state index in [9.17, 15) is 9.59 Å². The molecule has 5 heteroatoms. The fourth-order valence-corrected chi connectivity index (χ4v) is 1.75. The molecular weight excluding hydrogens is 268 g/mol. The Morgan fingerprint density at radius 2 is 2.05 bits per heavy atom. The second kappa shape index (κ2) is 8.09. The zero-order chi connectivity index (χ0) is 15.8. The largest absolute Gasteiger partial charge is 0.489 e. The molecular formula is C16H22N2O3. The number of benzene rings is 1. The van der Waals surface area contributed by atoms with E-state index in [0.717, 1.165) is 0 Å². The Hall–Kier alpha value is -2.30. The van der Waals surface area contributed by atoms with Gasteiger partial charge in [0.15, 0.2) is 0 Å². The molecule has 0 atom stereocenters. The SMILES string of the molecule is C=CCN(CC(=O)Nc1ccccc1OC(C)C)C(C)=O. The number of para-hydroxylation sites is 2. The second-order valence-electron chi connectivity index (χ2n) is 4.90. The van der Waals surface area contributed by atoms with E-state index in [0.29, 0.717) is 18.0 Å². The molecule has 1 N–H and O–H groups in total. The van der Waals surface area contributed by atoms with E-state index < -0.39 is 0 Å². The van der Waals surface area contributed by atoms with Gasteiger partial charge in [-0.2, -0.15) is 0 Å². The van der Waals surface area contributed by atoms with Crippen molar-refractivity contribution in [3.8, 4) is 5.75 Å². The van der Waals surface area contributed by atoms with Crippen LogP contribution in [0.3, 0.4) is 0 Å². The third kappa shape index (κ3) is 5.69. The number of anilines is 1. The van der Waals surface area contributed by atoms with E-state index in [-0.39, 0.29) is 24.5 Å². The van der Waals surface area contributed by atoms with Crippen LogP contribution in [-0.2, 0) is 9.59 Å². The summed E-state index contributed by atoms with van der Waals surface area (Å²) in [6.07, 6.45) is 1.60. The van der Waals surface area contributed by atoms with E-state index in [1.54, 1.807) is 18.2 Å². The highest BCUT2D eigenvalue weighted by Crippen LogP contribution is 2.24. The molecule has 1 rings (SSSR count). The minimum Gasteiger partial charge on any atom is -0.489 e. The zero-order valence-electron chi connectivity index (χ0n) is 12.8.